The van der Waals surface area contributed by atoms with E-state index in [1.807, 2.05) is 11.9 Å². The molecule has 6 heteroatoms. The van der Waals surface area contributed by atoms with Gasteiger partial charge in [-0.2, -0.15) is 0 Å². The molecule has 0 radical (unpaired) electrons. The van der Waals surface area contributed by atoms with Crippen molar-refractivity contribution in [3.8, 4) is 11.5 Å². The number of rotatable bonds is 3. The van der Waals surface area contributed by atoms with Gasteiger partial charge in [0.05, 0.1) is 5.02 Å². The van der Waals surface area contributed by atoms with Crippen molar-refractivity contribution in [3.05, 3.63) is 22.7 Å². The Morgan fingerprint density at radius 3 is 3.15 bits per heavy atom. The summed E-state index contributed by atoms with van der Waals surface area (Å²) in [5.41, 5.74) is 0.560. The van der Waals surface area contributed by atoms with E-state index in [1.54, 1.807) is 12.1 Å². The fraction of sp³-hybridized carbons (Fsp3) is 0.500. The van der Waals surface area contributed by atoms with Gasteiger partial charge in [0.1, 0.15) is 0 Å². The maximum Gasteiger partial charge on any atom is 0.254 e. The Morgan fingerprint density at radius 1 is 1.50 bits per heavy atom. The van der Waals surface area contributed by atoms with Crippen molar-refractivity contribution < 1.29 is 14.3 Å². The van der Waals surface area contributed by atoms with Crippen LogP contribution >= 0.6 is 11.6 Å². The SMILES string of the molecule is CNC[C@@H]1CCN(C(=O)c2cc(Cl)c3c(c2)OCO3)C1. The van der Waals surface area contributed by atoms with E-state index in [4.69, 9.17) is 21.1 Å². The average molecular weight is 297 g/mol. The van der Waals surface area contributed by atoms with E-state index in [2.05, 4.69) is 5.32 Å². The van der Waals surface area contributed by atoms with Gasteiger partial charge in [-0.3, -0.25) is 4.79 Å². The highest BCUT2D eigenvalue weighted by molar-refractivity contribution is 6.32. The van der Waals surface area contributed by atoms with Crippen LogP contribution in [0.3, 0.4) is 0 Å². The number of amides is 1. The summed E-state index contributed by atoms with van der Waals surface area (Å²) in [6.45, 7) is 2.66. The number of benzene rings is 1. The van der Waals surface area contributed by atoms with Crippen LogP contribution in [0.1, 0.15) is 16.8 Å². The van der Waals surface area contributed by atoms with E-state index in [0.717, 1.165) is 26.1 Å². The fourth-order valence-corrected chi connectivity index (χ4v) is 3.01. The number of carbonyl (C=O) groups is 1. The normalized spacial score (nSPS) is 20.5. The first-order valence-electron chi connectivity index (χ1n) is 6.72. The molecular weight excluding hydrogens is 280 g/mol. The van der Waals surface area contributed by atoms with Crippen LogP contribution in [0.15, 0.2) is 12.1 Å². The third-order valence-corrected chi connectivity index (χ3v) is 4.02. The Hall–Kier alpha value is -1.46. The summed E-state index contributed by atoms with van der Waals surface area (Å²) >= 11 is 6.12. The zero-order chi connectivity index (χ0) is 14.1. The molecule has 1 fully saturated rings. The topological polar surface area (TPSA) is 50.8 Å². The van der Waals surface area contributed by atoms with Crippen LogP contribution in [0, 0.1) is 5.92 Å². The second kappa shape index (κ2) is 5.50. The molecule has 0 aromatic heterocycles. The molecule has 1 amide bonds. The van der Waals surface area contributed by atoms with Crippen molar-refractivity contribution in [2.75, 3.05) is 33.5 Å². The molecule has 2 aliphatic rings. The van der Waals surface area contributed by atoms with Gasteiger partial charge < -0.3 is 19.7 Å². The highest BCUT2D eigenvalue weighted by Crippen LogP contribution is 2.40. The van der Waals surface area contributed by atoms with Crippen LogP contribution in [0.4, 0.5) is 0 Å². The van der Waals surface area contributed by atoms with Crippen LogP contribution in [-0.2, 0) is 0 Å². The number of nitrogens with zero attached hydrogens (tertiary/aromatic N) is 1. The summed E-state index contributed by atoms with van der Waals surface area (Å²) in [6.07, 6.45) is 1.03. The molecule has 1 N–H and O–H groups in total. The van der Waals surface area contributed by atoms with Crippen molar-refractivity contribution in [3.63, 3.8) is 0 Å². The zero-order valence-electron chi connectivity index (χ0n) is 11.3. The molecule has 5 nitrogen and oxygen atoms in total. The van der Waals surface area contributed by atoms with E-state index >= 15 is 0 Å². The lowest BCUT2D eigenvalue weighted by atomic mass is 10.1. The Labute approximate surface area is 122 Å². The van der Waals surface area contributed by atoms with Gasteiger partial charge in [-0.15, -0.1) is 0 Å². The van der Waals surface area contributed by atoms with Crippen molar-refractivity contribution in [2.45, 2.75) is 6.42 Å². The second-order valence-corrected chi connectivity index (χ2v) is 5.56. The quantitative estimate of drug-likeness (QED) is 0.923. The lowest BCUT2D eigenvalue weighted by Gasteiger charge is -2.17. The molecule has 0 unspecified atom stereocenters. The van der Waals surface area contributed by atoms with Crippen molar-refractivity contribution in [2.24, 2.45) is 5.92 Å². The predicted molar refractivity (Wildman–Crippen MR) is 75.5 cm³/mol. The second-order valence-electron chi connectivity index (χ2n) is 5.16. The monoisotopic (exact) mass is 296 g/mol. The molecule has 20 heavy (non-hydrogen) atoms. The van der Waals surface area contributed by atoms with Gasteiger partial charge in [0.2, 0.25) is 6.79 Å². The van der Waals surface area contributed by atoms with Crippen LogP contribution in [0.2, 0.25) is 5.02 Å². The minimum Gasteiger partial charge on any atom is -0.454 e. The first-order valence-corrected chi connectivity index (χ1v) is 7.10. The molecule has 1 aromatic rings. The maximum atomic E-state index is 12.5. The highest BCUT2D eigenvalue weighted by atomic mass is 35.5. The van der Waals surface area contributed by atoms with Gasteiger partial charge >= 0.3 is 0 Å². The van der Waals surface area contributed by atoms with Gasteiger partial charge in [-0.1, -0.05) is 11.6 Å². The first kappa shape index (κ1) is 13.5. The first-order chi connectivity index (χ1) is 9.69. The summed E-state index contributed by atoms with van der Waals surface area (Å²) in [5.74, 6) is 1.60. The number of carbonyl (C=O) groups excluding carboxylic acids is 1. The number of hydrogen-bond acceptors (Lipinski definition) is 4. The van der Waals surface area contributed by atoms with Crippen molar-refractivity contribution in [1.29, 1.82) is 0 Å². The largest absolute Gasteiger partial charge is 0.454 e. The van der Waals surface area contributed by atoms with Gasteiger partial charge in [0, 0.05) is 18.7 Å². The molecule has 0 spiro atoms. The molecule has 3 rings (SSSR count). The molecular formula is C14H17ClN2O3. The Balaban J connectivity index is 1.77. The predicted octanol–water partition coefficient (Wildman–Crippen LogP) is 1.75. The Kier molecular flexibility index (Phi) is 3.72. The van der Waals surface area contributed by atoms with Crippen molar-refractivity contribution in [1.82, 2.24) is 10.2 Å². The van der Waals surface area contributed by atoms with Gasteiger partial charge in [-0.25, -0.2) is 0 Å². The molecule has 1 saturated heterocycles. The third kappa shape index (κ3) is 2.43. The molecule has 108 valence electrons. The highest BCUT2D eigenvalue weighted by Gasteiger charge is 2.28. The molecule has 2 heterocycles. The minimum absolute atomic E-state index is 0.00352. The molecule has 0 saturated carbocycles. The summed E-state index contributed by atoms with van der Waals surface area (Å²) in [4.78, 5) is 14.4. The van der Waals surface area contributed by atoms with Crippen LogP contribution < -0.4 is 14.8 Å². The zero-order valence-corrected chi connectivity index (χ0v) is 12.1. The van der Waals surface area contributed by atoms with Crippen LogP contribution in [0.5, 0.6) is 11.5 Å². The van der Waals surface area contributed by atoms with Crippen LogP contribution in [-0.4, -0.2) is 44.3 Å². The fourth-order valence-electron chi connectivity index (χ4n) is 2.75. The number of halogens is 1. The smallest absolute Gasteiger partial charge is 0.254 e. The standard InChI is InChI=1S/C14H17ClN2O3/c1-16-6-9-2-3-17(7-9)14(18)10-4-11(15)13-12(5-10)19-8-20-13/h4-5,9,16H,2-3,6-8H2,1H3/t9-/m0/s1. The number of hydrogen-bond donors (Lipinski definition) is 1. The summed E-state index contributed by atoms with van der Waals surface area (Å²) in [7, 11) is 1.93. The number of likely N-dealkylation sites (tertiary alicyclic amines) is 1. The van der Waals surface area contributed by atoms with E-state index in [-0.39, 0.29) is 12.7 Å². The molecule has 1 aromatic carbocycles. The number of fused-ring (bicyclic) bond motifs is 1. The van der Waals surface area contributed by atoms with Gasteiger partial charge in [0.15, 0.2) is 11.5 Å². The molecule has 0 aliphatic carbocycles. The van der Waals surface area contributed by atoms with Crippen LogP contribution in [0.25, 0.3) is 0 Å². The van der Waals surface area contributed by atoms with Crippen molar-refractivity contribution >= 4 is 17.5 Å². The summed E-state index contributed by atoms with van der Waals surface area (Å²) in [5, 5.41) is 3.58. The third-order valence-electron chi connectivity index (χ3n) is 3.74. The minimum atomic E-state index is 0.00352. The number of ether oxygens (including phenoxy) is 2. The van der Waals surface area contributed by atoms with E-state index < -0.39 is 0 Å². The lowest BCUT2D eigenvalue weighted by Crippen LogP contribution is -2.30. The molecule has 2 aliphatic heterocycles. The van der Waals surface area contributed by atoms with E-state index in [1.165, 1.54) is 0 Å². The number of nitrogens with one attached hydrogen (secondary N) is 1. The lowest BCUT2D eigenvalue weighted by molar-refractivity contribution is 0.0787. The summed E-state index contributed by atoms with van der Waals surface area (Å²) in [6, 6.07) is 3.37. The molecule has 1 atom stereocenters. The van der Waals surface area contributed by atoms with Gasteiger partial charge in [-0.05, 0) is 38.1 Å². The maximum absolute atomic E-state index is 12.5. The Bertz CT molecular complexity index is 535. The van der Waals surface area contributed by atoms with E-state index in [9.17, 15) is 4.79 Å². The Morgan fingerprint density at radius 2 is 2.35 bits per heavy atom. The average Bonchev–Trinajstić information content (AvgIpc) is 3.07. The van der Waals surface area contributed by atoms with Gasteiger partial charge in [0.25, 0.3) is 5.91 Å². The molecule has 0 bridgehead atoms. The van der Waals surface area contributed by atoms with E-state index in [0.29, 0.717) is 28.0 Å². The summed E-state index contributed by atoms with van der Waals surface area (Å²) < 4.78 is 10.6.